The van der Waals surface area contributed by atoms with E-state index >= 15 is 0 Å². The molecule has 0 aliphatic heterocycles. The fourth-order valence-corrected chi connectivity index (χ4v) is 1.99. The van der Waals surface area contributed by atoms with E-state index in [1.165, 1.54) is 11.3 Å². The first-order valence-electron chi connectivity index (χ1n) is 4.80. The zero-order valence-corrected chi connectivity index (χ0v) is 9.33. The summed E-state index contributed by atoms with van der Waals surface area (Å²) in [5.41, 5.74) is 2.39. The summed E-state index contributed by atoms with van der Waals surface area (Å²) in [6.45, 7) is 0.516. The summed E-state index contributed by atoms with van der Waals surface area (Å²) < 4.78 is 5.46. The predicted molar refractivity (Wildman–Crippen MR) is 62.4 cm³/mol. The average Bonchev–Trinajstić information content (AvgIpc) is 2.77. The third-order valence-electron chi connectivity index (χ3n) is 1.96. The minimum absolute atomic E-state index is 0.0971. The number of nitrogens with one attached hydrogen (secondary N) is 1. The van der Waals surface area contributed by atoms with Gasteiger partial charge in [-0.15, -0.1) is 11.3 Å². The molecule has 0 aliphatic rings. The molecule has 0 atom stereocenters. The number of anilines is 1. The van der Waals surface area contributed by atoms with Gasteiger partial charge in [0.1, 0.15) is 4.83 Å². The summed E-state index contributed by atoms with van der Waals surface area (Å²) >= 11 is 1.49. The van der Waals surface area contributed by atoms with Crippen LogP contribution in [0.3, 0.4) is 0 Å². The molecule has 2 aromatic heterocycles. The SMILES string of the molecule is NNc1nc(OCCCO)c2ccsc2n1. The van der Waals surface area contributed by atoms with Crippen LogP contribution in [0.15, 0.2) is 11.4 Å². The molecule has 0 aliphatic carbocycles. The molecule has 0 radical (unpaired) electrons. The van der Waals surface area contributed by atoms with E-state index in [-0.39, 0.29) is 6.61 Å². The van der Waals surface area contributed by atoms with E-state index in [1.54, 1.807) is 0 Å². The monoisotopic (exact) mass is 240 g/mol. The second kappa shape index (κ2) is 5.06. The number of fused-ring (bicyclic) bond motifs is 1. The van der Waals surface area contributed by atoms with Gasteiger partial charge in [-0.2, -0.15) is 4.98 Å². The molecule has 0 saturated heterocycles. The van der Waals surface area contributed by atoms with Gasteiger partial charge in [0.05, 0.1) is 12.0 Å². The van der Waals surface area contributed by atoms with Crippen LogP contribution in [0.5, 0.6) is 5.88 Å². The molecule has 4 N–H and O–H groups in total. The molecule has 0 amide bonds. The smallest absolute Gasteiger partial charge is 0.241 e. The predicted octanol–water partition coefficient (Wildman–Crippen LogP) is 0.738. The molecular weight excluding hydrogens is 228 g/mol. The summed E-state index contributed by atoms with van der Waals surface area (Å²) in [5, 5.41) is 11.5. The first kappa shape index (κ1) is 11.1. The number of hydrazine groups is 1. The van der Waals surface area contributed by atoms with Crippen molar-refractivity contribution in [2.45, 2.75) is 6.42 Å². The number of ether oxygens (including phenoxy) is 1. The minimum Gasteiger partial charge on any atom is -0.477 e. The van der Waals surface area contributed by atoms with Crippen molar-refractivity contribution in [1.29, 1.82) is 0 Å². The van der Waals surface area contributed by atoms with Gasteiger partial charge in [0.15, 0.2) is 0 Å². The van der Waals surface area contributed by atoms with E-state index in [4.69, 9.17) is 15.7 Å². The lowest BCUT2D eigenvalue weighted by molar-refractivity contribution is 0.231. The fourth-order valence-electron chi connectivity index (χ4n) is 1.24. The Morgan fingerprint density at radius 3 is 3.12 bits per heavy atom. The molecule has 0 unspecified atom stereocenters. The summed E-state index contributed by atoms with van der Waals surface area (Å²) in [6, 6.07) is 1.90. The highest BCUT2D eigenvalue weighted by Crippen LogP contribution is 2.27. The lowest BCUT2D eigenvalue weighted by Crippen LogP contribution is -2.11. The van der Waals surface area contributed by atoms with Gasteiger partial charge in [-0.3, -0.25) is 5.43 Å². The van der Waals surface area contributed by atoms with Crippen LogP contribution < -0.4 is 16.0 Å². The molecule has 16 heavy (non-hydrogen) atoms. The van der Waals surface area contributed by atoms with Crippen LogP contribution in [0.25, 0.3) is 10.2 Å². The van der Waals surface area contributed by atoms with Gasteiger partial charge in [-0.1, -0.05) is 0 Å². The van der Waals surface area contributed by atoms with E-state index in [2.05, 4.69) is 15.4 Å². The van der Waals surface area contributed by atoms with Crippen LogP contribution in [-0.2, 0) is 0 Å². The molecule has 2 heterocycles. The Morgan fingerprint density at radius 2 is 2.38 bits per heavy atom. The molecule has 0 fully saturated rings. The van der Waals surface area contributed by atoms with Crippen LogP contribution in [-0.4, -0.2) is 28.3 Å². The van der Waals surface area contributed by atoms with E-state index < -0.39 is 0 Å². The van der Waals surface area contributed by atoms with Gasteiger partial charge in [0.2, 0.25) is 11.8 Å². The van der Waals surface area contributed by atoms with Crippen molar-refractivity contribution in [3.05, 3.63) is 11.4 Å². The number of nitrogens with two attached hydrogens (primary N) is 1. The first-order valence-corrected chi connectivity index (χ1v) is 5.68. The average molecular weight is 240 g/mol. The van der Waals surface area contributed by atoms with Crippen molar-refractivity contribution in [1.82, 2.24) is 9.97 Å². The summed E-state index contributed by atoms with van der Waals surface area (Å²) in [4.78, 5) is 9.12. The molecule has 0 aromatic carbocycles. The van der Waals surface area contributed by atoms with E-state index in [1.807, 2.05) is 11.4 Å². The second-order valence-electron chi connectivity index (χ2n) is 3.06. The quantitative estimate of drug-likeness (QED) is 0.405. The molecule has 0 spiro atoms. The standard InChI is InChI=1S/C9H12N4O2S/c10-13-9-11-7(15-4-1-3-14)6-2-5-16-8(6)12-9/h2,5,14H,1,3-4,10H2,(H,11,12,13). The van der Waals surface area contributed by atoms with Crippen molar-refractivity contribution >= 4 is 27.5 Å². The summed E-state index contributed by atoms with van der Waals surface area (Å²) in [6.07, 6.45) is 0.570. The Balaban J connectivity index is 2.29. The highest BCUT2D eigenvalue weighted by Gasteiger charge is 2.09. The highest BCUT2D eigenvalue weighted by molar-refractivity contribution is 7.16. The number of nitrogens with zero attached hydrogens (tertiary/aromatic N) is 2. The molecule has 6 nitrogen and oxygen atoms in total. The van der Waals surface area contributed by atoms with Crippen LogP contribution in [0.4, 0.5) is 5.95 Å². The molecule has 0 saturated carbocycles. The fraction of sp³-hybridized carbons (Fsp3) is 0.333. The van der Waals surface area contributed by atoms with Crippen molar-refractivity contribution in [3.8, 4) is 5.88 Å². The van der Waals surface area contributed by atoms with Crippen molar-refractivity contribution in [3.63, 3.8) is 0 Å². The Bertz CT molecular complexity index is 473. The largest absolute Gasteiger partial charge is 0.477 e. The molecule has 86 valence electrons. The van der Waals surface area contributed by atoms with Gasteiger partial charge < -0.3 is 9.84 Å². The zero-order chi connectivity index (χ0) is 11.4. The number of rotatable bonds is 5. The van der Waals surface area contributed by atoms with E-state index in [0.717, 1.165) is 10.2 Å². The number of aliphatic hydroxyl groups is 1. The molecule has 2 rings (SSSR count). The lowest BCUT2D eigenvalue weighted by atomic mass is 10.4. The number of aromatic nitrogens is 2. The van der Waals surface area contributed by atoms with Crippen molar-refractivity contribution < 1.29 is 9.84 Å². The Labute approximate surface area is 96.1 Å². The van der Waals surface area contributed by atoms with Crippen LogP contribution >= 0.6 is 11.3 Å². The summed E-state index contributed by atoms with van der Waals surface area (Å²) in [7, 11) is 0. The minimum atomic E-state index is 0.0971. The van der Waals surface area contributed by atoms with E-state index in [9.17, 15) is 0 Å². The highest BCUT2D eigenvalue weighted by atomic mass is 32.1. The van der Waals surface area contributed by atoms with Gasteiger partial charge in [0, 0.05) is 13.0 Å². The van der Waals surface area contributed by atoms with Crippen LogP contribution in [0, 0.1) is 0 Å². The summed E-state index contributed by atoms with van der Waals surface area (Å²) in [5.74, 6) is 6.09. The van der Waals surface area contributed by atoms with Crippen LogP contribution in [0.2, 0.25) is 0 Å². The molecule has 0 bridgehead atoms. The number of thiophene rings is 1. The Morgan fingerprint density at radius 1 is 1.50 bits per heavy atom. The maximum atomic E-state index is 8.68. The first-order chi connectivity index (χ1) is 7.85. The molecule has 7 heteroatoms. The topological polar surface area (TPSA) is 93.3 Å². The van der Waals surface area contributed by atoms with Gasteiger partial charge in [0.25, 0.3) is 0 Å². The van der Waals surface area contributed by atoms with Gasteiger partial charge in [-0.05, 0) is 11.4 Å². The van der Waals surface area contributed by atoms with Gasteiger partial charge in [-0.25, -0.2) is 10.8 Å². The van der Waals surface area contributed by atoms with Crippen LogP contribution in [0.1, 0.15) is 6.42 Å². The zero-order valence-electron chi connectivity index (χ0n) is 8.51. The number of hydrogen-bond acceptors (Lipinski definition) is 7. The Kier molecular flexibility index (Phi) is 3.50. The third kappa shape index (κ3) is 2.21. The van der Waals surface area contributed by atoms with E-state index in [0.29, 0.717) is 24.9 Å². The number of nitrogen functional groups attached to an aromatic ring is 1. The third-order valence-corrected chi connectivity index (χ3v) is 2.77. The second-order valence-corrected chi connectivity index (χ2v) is 3.96. The number of aliphatic hydroxyl groups excluding tert-OH is 1. The van der Waals surface area contributed by atoms with Crippen molar-refractivity contribution in [2.75, 3.05) is 18.6 Å². The molecule has 2 aromatic rings. The lowest BCUT2D eigenvalue weighted by Gasteiger charge is -2.06. The normalized spacial score (nSPS) is 10.6. The maximum absolute atomic E-state index is 8.68. The number of hydrogen-bond donors (Lipinski definition) is 3. The molecular formula is C9H12N4O2S. The van der Waals surface area contributed by atoms with Crippen molar-refractivity contribution in [2.24, 2.45) is 5.84 Å². The Hall–Kier alpha value is -1.44. The van der Waals surface area contributed by atoms with Gasteiger partial charge >= 0.3 is 0 Å². The maximum Gasteiger partial charge on any atom is 0.241 e.